The van der Waals surface area contributed by atoms with Crippen LogP contribution in [0.4, 0.5) is 39.5 Å². The molecule has 0 amide bonds. The fraction of sp³-hybridized carbons (Fsp3) is 1.00. The molecule has 0 fully saturated rings. The van der Waals surface area contributed by atoms with Gasteiger partial charge in [0, 0.05) is 0 Å². The summed E-state index contributed by atoms with van der Waals surface area (Å²) in [4.78, 5) is 0. The number of rotatable bonds is 3. The number of alkyl halides is 9. The Kier molecular flexibility index (Phi) is 3.91. The van der Waals surface area contributed by atoms with Crippen LogP contribution in [0.3, 0.4) is 0 Å². The van der Waals surface area contributed by atoms with Gasteiger partial charge in [0.15, 0.2) is 0 Å². The summed E-state index contributed by atoms with van der Waals surface area (Å²) in [6.45, 7) is 0.684. The molecule has 0 radical (unpaired) electrons. The van der Waals surface area contributed by atoms with Crippen molar-refractivity contribution in [3.63, 3.8) is 0 Å². The Bertz CT molecular complexity index is 261. The maximum atomic E-state index is 12.9. The van der Waals surface area contributed by atoms with E-state index in [0.29, 0.717) is 13.1 Å². The molecule has 0 aromatic rings. The van der Waals surface area contributed by atoms with Crippen LogP contribution >= 0.6 is 11.1 Å². The predicted octanol–water partition coefficient (Wildman–Crippen LogP) is 4.44. The van der Waals surface area contributed by atoms with Gasteiger partial charge in [-0.05, 0) is 0 Å². The summed E-state index contributed by atoms with van der Waals surface area (Å²) in [5, 5.41) is 0. The van der Waals surface area contributed by atoms with E-state index in [2.05, 4.69) is 0 Å². The summed E-state index contributed by atoms with van der Waals surface area (Å²) in [7, 11) is -4.80. The van der Waals surface area contributed by atoms with E-state index in [4.69, 9.17) is 11.1 Å². The average Bonchev–Trinajstić information content (AvgIpc) is 1.98. The first-order valence-electron chi connectivity index (χ1n) is 3.89. The van der Waals surface area contributed by atoms with E-state index in [1.807, 2.05) is 0 Å². The second kappa shape index (κ2) is 3.94. The van der Waals surface area contributed by atoms with Crippen molar-refractivity contribution in [2.24, 2.45) is 0 Å². The molecule has 0 saturated carbocycles. The van der Waals surface area contributed by atoms with Crippen molar-refractivity contribution >= 4 is 18.5 Å². The van der Waals surface area contributed by atoms with Crippen molar-refractivity contribution < 1.29 is 39.5 Å². The van der Waals surface area contributed by atoms with Gasteiger partial charge in [0.05, 0.1) is 0 Å². The summed E-state index contributed by atoms with van der Waals surface area (Å²) < 4.78 is 111. The third kappa shape index (κ3) is 2.38. The Balaban J connectivity index is 5.73. The topological polar surface area (TPSA) is 0 Å². The van der Waals surface area contributed by atoms with E-state index < -0.39 is 31.0 Å². The van der Waals surface area contributed by atoms with E-state index in [0.717, 1.165) is 0 Å². The largest absolute Gasteiger partial charge is 0.460 e. The Morgan fingerprint density at radius 2 is 1.00 bits per heavy atom. The van der Waals surface area contributed by atoms with Crippen molar-refractivity contribution in [2.45, 2.75) is 36.7 Å². The first kappa shape index (κ1) is 16.9. The fourth-order valence-electron chi connectivity index (χ4n) is 0.749. The van der Waals surface area contributed by atoms with E-state index >= 15 is 0 Å². The molecule has 0 aliphatic heterocycles. The molecule has 11 heteroatoms. The third-order valence-electron chi connectivity index (χ3n) is 1.89. The minimum Gasteiger partial charge on any atom is -0.203 e. The molecule has 17 heavy (non-hydrogen) atoms. The molecule has 0 N–H and O–H groups in total. The second-order valence-corrected chi connectivity index (χ2v) is 10.1. The molecule has 0 aromatic heterocycles. The highest BCUT2D eigenvalue weighted by Crippen LogP contribution is 2.56. The average molecular weight is 313 g/mol. The summed E-state index contributed by atoms with van der Waals surface area (Å²) in [5.41, 5.74) is -5.62. The van der Waals surface area contributed by atoms with Gasteiger partial charge >= 0.3 is 23.6 Å². The molecule has 0 unspecified atom stereocenters. The highest BCUT2D eigenvalue weighted by molar-refractivity contribution is 7.20. The van der Waals surface area contributed by atoms with Crippen LogP contribution < -0.4 is 0 Å². The first-order valence-corrected chi connectivity index (χ1v) is 7.90. The minimum atomic E-state index is -6.86. The van der Waals surface area contributed by atoms with Gasteiger partial charge in [-0.15, -0.1) is 0 Å². The van der Waals surface area contributed by atoms with Gasteiger partial charge in [0.1, 0.15) is 0 Å². The van der Waals surface area contributed by atoms with E-state index in [-0.39, 0.29) is 0 Å². The molecular weight excluding hydrogens is 307 g/mol. The monoisotopic (exact) mass is 312 g/mol. The molecule has 104 valence electrons. The minimum absolute atomic E-state index is 0.342. The summed E-state index contributed by atoms with van der Waals surface area (Å²) in [6, 6.07) is 0. The molecule has 0 nitrogen and oxygen atoms in total. The van der Waals surface area contributed by atoms with Crippen LogP contribution in [0.15, 0.2) is 0 Å². The number of halogens is 10. The third-order valence-corrected chi connectivity index (χ3v) is 4.41. The molecule has 0 saturated heterocycles. The van der Waals surface area contributed by atoms with Gasteiger partial charge in [0.2, 0.25) is 7.38 Å². The van der Waals surface area contributed by atoms with Gasteiger partial charge in [0.25, 0.3) is 0 Å². The van der Waals surface area contributed by atoms with Gasteiger partial charge < -0.3 is 0 Å². The smallest absolute Gasteiger partial charge is 0.203 e. The fourth-order valence-corrected chi connectivity index (χ4v) is 2.01. The molecule has 0 aliphatic carbocycles. The molecule has 0 aromatic carbocycles. The molecule has 0 atom stereocenters. The first-order chi connectivity index (χ1) is 7.00. The maximum absolute atomic E-state index is 12.9. The van der Waals surface area contributed by atoms with Gasteiger partial charge in [-0.1, -0.05) is 13.1 Å². The highest BCUT2D eigenvalue weighted by atomic mass is 35.6. The van der Waals surface area contributed by atoms with Crippen molar-refractivity contribution in [3.05, 3.63) is 0 Å². The van der Waals surface area contributed by atoms with Crippen molar-refractivity contribution in [2.75, 3.05) is 0 Å². The molecular formula is C6H6ClF9Si. The second-order valence-electron chi connectivity index (χ2n) is 3.69. The number of hydrogen-bond acceptors (Lipinski definition) is 0. The zero-order chi connectivity index (χ0) is 14.5. The molecule has 0 spiro atoms. The zero-order valence-electron chi connectivity index (χ0n) is 8.28. The van der Waals surface area contributed by atoms with E-state index in [1.165, 1.54) is 0 Å². The van der Waals surface area contributed by atoms with Crippen molar-refractivity contribution in [1.82, 2.24) is 0 Å². The van der Waals surface area contributed by atoms with Crippen LogP contribution in [-0.4, -0.2) is 31.0 Å². The molecule has 0 bridgehead atoms. The van der Waals surface area contributed by atoms with Crippen LogP contribution in [0.1, 0.15) is 0 Å². The molecule has 0 aliphatic rings. The lowest BCUT2D eigenvalue weighted by molar-refractivity contribution is -0.383. The van der Waals surface area contributed by atoms with Gasteiger partial charge in [-0.3, -0.25) is 0 Å². The normalized spacial score (nSPS) is 16.2. The Morgan fingerprint density at radius 3 is 1.18 bits per heavy atom. The summed E-state index contributed by atoms with van der Waals surface area (Å²) >= 11 is 4.87. The van der Waals surface area contributed by atoms with Gasteiger partial charge in [-0.25, -0.2) is 8.78 Å². The lowest BCUT2D eigenvalue weighted by atomic mass is 10.1. The Labute approximate surface area is 95.4 Å². The predicted molar refractivity (Wildman–Crippen MR) is 44.2 cm³/mol. The van der Waals surface area contributed by atoms with Crippen LogP contribution in [0.2, 0.25) is 13.1 Å². The van der Waals surface area contributed by atoms with Crippen LogP contribution in [-0.2, 0) is 0 Å². The van der Waals surface area contributed by atoms with Crippen molar-refractivity contribution in [1.29, 1.82) is 0 Å². The Morgan fingerprint density at radius 1 is 0.706 bits per heavy atom. The summed E-state index contributed by atoms with van der Waals surface area (Å²) in [6.07, 6.45) is -6.80. The van der Waals surface area contributed by atoms with Crippen LogP contribution in [0.25, 0.3) is 0 Å². The Hall–Kier alpha value is -0.123. The highest BCUT2D eigenvalue weighted by Gasteiger charge is 2.84. The van der Waals surface area contributed by atoms with Crippen molar-refractivity contribution in [3.8, 4) is 0 Å². The van der Waals surface area contributed by atoms with E-state index in [9.17, 15) is 39.5 Å². The zero-order valence-corrected chi connectivity index (χ0v) is 10.0. The van der Waals surface area contributed by atoms with E-state index in [1.54, 1.807) is 0 Å². The van der Waals surface area contributed by atoms with Crippen LogP contribution in [0, 0.1) is 0 Å². The summed E-state index contributed by atoms with van der Waals surface area (Å²) in [5.74, 6) is -13.5. The molecule has 0 rings (SSSR count). The van der Waals surface area contributed by atoms with Crippen LogP contribution in [0.5, 0.6) is 0 Å². The number of hydrogen-bond donors (Lipinski definition) is 0. The SMILES string of the molecule is C[Si](C)(Cl)C(F)(F)C(F)(F)C(F)(F)C(F)(F)F. The van der Waals surface area contributed by atoms with Gasteiger partial charge in [-0.2, -0.15) is 41.8 Å². The quantitative estimate of drug-likeness (QED) is 0.411. The molecule has 0 heterocycles. The lowest BCUT2D eigenvalue weighted by Crippen LogP contribution is -2.67. The standard InChI is InChI=1S/C6H6ClF9Si/c1-17(2,7)6(15,16)4(10,11)3(8,9)5(12,13)14/h1-2H3. The maximum Gasteiger partial charge on any atom is 0.460 e. The lowest BCUT2D eigenvalue weighted by Gasteiger charge is -2.37.